The molecule has 2 heterocycles. The fourth-order valence-corrected chi connectivity index (χ4v) is 1.91. The first-order valence-corrected chi connectivity index (χ1v) is 5.90. The minimum Gasteiger partial charge on any atom is -0.330 e. The summed E-state index contributed by atoms with van der Waals surface area (Å²) >= 11 is 1.25. The number of hydrogen-bond donors (Lipinski definition) is 3. The number of rotatable bonds is 4. The average Bonchev–Trinajstić information content (AvgIpc) is 2.78. The highest BCUT2D eigenvalue weighted by atomic mass is 32.1. The normalized spacial score (nSPS) is 10.3. The molecule has 0 saturated heterocycles. The molecule has 0 aliphatic heterocycles. The molecule has 8 nitrogen and oxygen atoms in total. The molecule has 0 aliphatic carbocycles. The molecule has 0 aromatic carbocycles. The molecule has 0 aliphatic rings. The third-order valence-corrected chi connectivity index (χ3v) is 2.86. The molecule has 4 N–H and O–H groups in total. The maximum absolute atomic E-state index is 11.7. The van der Waals surface area contributed by atoms with Crippen molar-refractivity contribution >= 4 is 22.4 Å². The monoisotopic (exact) mass is 266 g/mol. The fourth-order valence-electron chi connectivity index (χ4n) is 1.16. The van der Waals surface area contributed by atoms with E-state index in [-0.39, 0.29) is 11.3 Å². The lowest BCUT2D eigenvalue weighted by atomic mass is 10.4. The Bertz CT molecular complexity index is 587. The van der Waals surface area contributed by atoms with Crippen LogP contribution >= 0.6 is 11.3 Å². The molecule has 9 heteroatoms. The van der Waals surface area contributed by atoms with Crippen molar-refractivity contribution in [2.75, 3.05) is 11.9 Å². The van der Waals surface area contributed by atoms with Gasteiger partial charge in [-0.15, -0.1) is 10.2 Å². The summed E-state index contributed by atoms with van der Waals surface area (Å²) in [6.45, 7) is 0.476. The highest BCUT2D eigenvalue weighted by Crippen LogP contribution is 2.15. The minimum atomic E-state index is -0.457. The molecule has 94 valence electrons. The van der Waals surface area contributed by atoms with Crippen molar-refractivity contribution in [1.82, 2.24) is 20.4 Å². The van der Waals surface area contributed by atoms with Gasteiger partial charge in [-0.2, -0.15) is 5.10 Å². The number of carbonyl (C=O) groups is 1. The van der Waals surface area contributed by atoms with Crippen LogP contribution in [0.25, 0.3) is 0 Å². The second kappa shape index (κ2) is 5.47. The van der Waals surface area contributed by atoms with Crippen molar-refractivity contribution < 1.29 is 4.79 Å². The van der Waals surface area contributed by atoms with Gasteiger partial charge in [0, 0.05) is 12.5 Å². The summed E-state index contributed by atoms with van der Waals surface area (Å²) in [5, 5.41) is 17.1. The number of carbonyl (C=O) groups excluding carboxylic acids is 1. The molecule has 0 atom stereocenters. The number of hydrogen-bond acceptors (Lipinski definition) is 7. The summed E-state index contributed by atoms with van der Waals surface area (Å²) in [7, 11) is 0. The zero-order chi connectivity index (χ0) is 13.0. The molecule has 0 radical (unpaired) electrons. The Hall–Kier alpha value is -2.13. The van der Waals surface area contributed by atoms with Gasteiger partial charge in [0.2, 0.25) is 5.13 Å². The van der Waals surface area contributed by atoms with Crippen molar-refractivity contribution in [3.63, 3.8) is 0 Å². The van der Waals surface area contributed by atoms with E-state index < -0.39 is 5.91 Å². The van der Waals surface area contributed by atoms with E-state index in [1.807, 2.05) is 0 Å². The van der Waals surface area contributed by atoms with E-state index in [1.165, 1.54) is 23.5 Å². The predicted molar refractivity (Wildman–Crippen MR) is 65.5 cm³/mol. The maximum Gasteiger partial charge on any atom is 0.277 e. The number of nitrogens with one attached hydrogen (secondary N) is 2. The number of nitrogens with zero attached hydrogens (tertiary/aromatic N) is 3. The van der Waals surface area contributed by atoms with E-state index >= 15 is 0 Å². The Morgan fingerprint density at radius 3 is 2.94 bits per heavy atom. The SMILES string of the molecule is NCCc1nnc(NC(=O)c2ccc(=O)[nH]n2)s1. The molecule has 0 saturated carbocycles. The zero-order valence-corrected chi connectivity index (χ0v) is 10.0. The molecule has 0 bridgehead atoms. The molecule has 0 spiro atoms. The first-order valence-electron chi connectivity index (χ1n) is 5.08. The highest BCUT2D eigenvalue weighted by Gasteiger charge is 2.11. The first-order chi connectivity index (χ1) is 8.69. The Kier molecular flexibility index (Phi) is 3.75. The third-order valence-electron chi connectivity index (χ3n) is 1.96. The summed E-state index contributed by atoms with van der Waals surface area (Å²) in [5.74, 6) is -0.457. The molecular weight excluding hydrogens is 256 g/mol. The van der Waals surface area contributed by atoms with Crippen LogP contribution in [0.1, 0.15) is 15.5 Å². The molecule has 18 heavy (non-hydrogen) atoms. The van der Waals surface area contributed by atoms with Crippen LogP contribution < -0.4 is 16.6 Å². The van der Waals surface area contributed by atoms with E-state index in [0.29, 0.717) is 18.1 Å². The maximum atomic E-state index is 11.7. The van der Waals surface area contributed by atoms with Gasteiger partial charge < -0.3 is 5.73 Å². The number of aromatic amines is 1. The van der Waals surface area contributed by atoms with Crippen LogP contribution in [0.3, 0.4) is 0 Å². The van der Waals surface area contributed by atoms with Crippen LogP contribution in [0, 0.1) is 0 Å². The van der Waals surface area contributed by atoms with Crippen molar-refractivity contribution in [3.05, 3.63) is 33.2 Å². The Balaban J connectivity index is 2.06. The van der Waals surface area contributed by atoms with Gasteiger partial charge in [0.05, 0.1) is 0 Å². The molecule has 1 amide bonds. The van der Waals surface area contributed by atoms with Gasteiger partial charge in [-0.25, -0.2) is 5.10 Å². The van der Waals surface area contributed by atoms with Gasteiger partial charge in [-0.3, -0.25) is 14.9 Å². The second-order valence-electron chi connectivity index (χ2n) is 3.30. The average molecular weight is 266 g/mol. The van der Waals surface area contributed by atoms with E-state index in [2.05, 4.69) is 25.7 Å². The molecule has 0 unspecified atom stereocenters. The standard InChI is InChI=1S/C9H10N6O2S/c10-4-3-7-14-15-9(18-7)11-8(17)5-1-2-6(16)13-12-5/h1-2H,3-4,10H2,(H,13,16)(H,11,15,17). The number of anilines is 1. The number of amides is 1. The number of H-pyrrole nitrogens is 1. The van der Waals surface area contributed by atoms with Gasteiger partial charge in [-0.05, 0) is 12.6 Å². The minimum absolute atomic E-state index is 0.102. The van der Waals surface area contributed by atoms with Gasteiger partial charge >= 0.3 is 0 Å². The number of aromatic nitrogens is 4. The van der Waals surface area contributed by atoms with E-state index in [0.717, 1.165) is 5.01 Å². The van der Waals surface area contributed by atoms with Crippen molar-refractivity contribution in [2.24, 2.45) is 5.73 Å². The molecular formula is C9H10N6O2S. The van der Waals surface area contributed by atoms with Crippen LogP contribution in [-0.4, -0.2) is 32.8 Å². The molecule has 0 fully saturated rings. The summed E-state index contributed by atoms with van der Waals surface area (Å²) < 4.78 is 0. The van der Waals surface area contributed by atoms with Crippen molar-refractivity contribution in [2.45, 2.75) is 6.42 Å². The fraction of sp³-hybridized carbons (Fsp3) is 0.222. The Morgan fingerprint density at radius 2 is 2.28 bits per heavy atom. The molecule has 2 aromatic heterocycles. The highest BCUT2D eigenvalue weighted by molar-refractivity contribution is 7.15. The smallest absolute Gasteiger partial charge is 0.277 e. The predicted octanol–water partition coefficient (Wildman–Crippen LogP) is -0.625. The summed E-state index contributed by atoms with van der Waals surface area (Å²) in [5.41, 5.74) is 5.12. The van der Waals surface area contributed by atoms with Gasteiger partial charge in [0.15, 0.2) is 0 Å². The van der Waals surface area contributed by atoms with Crippen LogP contribution in [0.5, 0.6) is 0 Å². The molecule has 2 aromatic rings. The third kappa shape index (κ3) is 2.96. The summed E-state index contributed by atoms with van der Waals surface area (Å²) in [6.07, 6.45) is 0.616. The topological polar surface area (TPSA) is 127 Å². The second-order valence-corrected chi connectivity index (χ2v) is 4.36. The van der Waals surface area contributed by atoms with Crippen LogP contribution in [0.15, 0.2) is 16.9 Å². The summed E-state index contributed by atoms with van der Waals surface area (Å²) in [4.78, 5) is 22.5. The van der Waals surface area contributed by atoms with Gasteiger partial charge in [0.25, 0.3) is 11.5 Å². The van der Waals surface area contributed by atoms with Gasteiger partial charge in [0.1, 0.15) is 10.7 Å². The lowest BCUT2D eigenvalue weighted by Gasteiger charge is -1.98. The van der Waals surface area contributed by atoms with E-state index in [4.69, 9.17) is 5.73 Å². The lowest BCUT2D eigenvalue weighted by molar-refractivity contribution is 0.102. The zero-order valence-electron chi connectivity index (χ0n) is 9.21. The van der Waals surface area contributed by atoms with Gasteiger partial charge in [-0.1, -0.05) is 11.3 Å². The van der Waals surface area contributed by atoms with Crippen LogP contribution in [0.2, 0.25) is 0 Å². The first kappa shape index (κ1) is 12.3. The largest absolute Gasteiger partial charge is 0.330 e. The quantitative estimate of drug-likeness (QED) is 0.676. The van der Waals surface area contributed by atoms with E-state index in [1.54, 1.807) is 0 Å². The Labute approximate surface area is 105 Å². The van der Waals surface area contributed by atoms with Crippen molar-refractivity contribution in [1.29, 1.82) is 0 Å². The van der Waals surface area contributed by atoms with Crippen molar-refractivity contribution in [3.8, 4) is 0 Å². The van der Waals surface area contributed by atoms with Crippen LogP contribution in [-0.2, 0) is 6.42 Å². The molecule has 2 rings (SSSR count). The summed E-state index contributed by atoms with van der Waals surface area (Å²) in [6, 6.07) is 2.55. The lowest BCUT2D eigenvalue weighted by Crippen LogP contribution is -2.17. The Morgan fingerprint density at radius 1 is 1.44 bits per heavy atom. The van der Waals surface area contributed by atoms with Crippen LogP contribution in [0.4, 0.5) is 5.13 Å². The number of nitrogens with two attached hydrogens (primary N) is 1. The van der Waals surface area contributed by atoms with E-state index in [9.17, 15) is 9.59 Å².